The largest absolute Gasteiger partial charge is 0.350 e. The highest BCUT2D eigenvalue weighted by molar-refractivity contribution is 8.00. The number of carbonyl (C=O) groups excluding carboxylic acids is 3. The van der Waals surface area contributed by atoms with Gasteiger partial charge in [-0.05, 0) is 52.0 Å². The molecule has 0 aliphatic heterocycles. The minimum Gasteiger partial charge on any atom is -0.350 e. The monoisotopic (exact) mass is 369 g/mol. The number of carbonyl (C=O) groups is 3. The van der Waals surface area contributed by atoms with Gasteiger partial charge in [0.05, 0.1) is 11.5 Å². The third-order valence-electron chi connectivity index (χ3n) is 2.86. The molecule has 0 spiro atoms. The second-order valence-electron chi connectivity index (χ2n) is 6.58. The van der Waals surface area contributed by atoms with Gasteiger partial charge in [0, 0.05) is 11.2 Å². The van der Waals surface area contributed by atoms with Crippen molar-refractivity contribution in [3.63, 3.8) is 0 Å². The summed E-state index contributed by atoms with van der Waals surface area (Å²) in [6, 6.07) is 4.76. The van der Waals surface area contributed by atoms with Crippen LogP contribution < -0.4 is 16.0 Å². The van der Waals surface area contributed by atoms with Gasteiger partial charge in [0.1, 0.15) is 11.9 Å². The lowest BCUT2D eigenvalue weighted by atomic mass is 10.1. The Morgan fingerprint density at radius 2 is 1.64 bits per heavy atom. The molecule has 1 unspecified atom stereocenters. The van der Waals surface area contributed by atoms with Gasteiger partial charge in [-0.3, -0.25) is 14.4 Å². The van der Waals surface area contributed by atoms with Gasteiger partial charge >= 0.3 is 0 Å². The molecule has 0 saturated carbocycles. The molecule has 3 N–H and O–H groups in total. The fraction of sp³-hybridized carbons (Fsp3) is 0.471. The summed E-state index contributed by atoms with van der Waals surface area (Å²) in [7, 11) is 0. The van der Waals surface area contributed by atoms with Crippen molar-refractivity contribution in [2.45, 2.75) is 39.3 Å². The Balaban J connectivity index is 2.28. The summed E-state index contributed by atoms with van der Waals surface area (Å²) in [6.45, 7) is 7.17. The first-order valence-corrected chi connectivity index (χ1v) is 8.97. The number of halogens is 1. The molecule has 0 saturated heterocycles. The summed E-state index contributed by atoms with van der Waals surface area (Å²) >= 11 is 1.13. The van der Waals surface area contributed by atoms with Crippen LogP contribution in [-0.4, -0.2) is 40.8 Å². The summed E-state index contributed by atoms with van der Waals surface area (Å²) in [5.41, 5.74) is 0.118. The van der Waals surface area contributed by atoms with Crippen LogP contribution >= 0.6 is 11.8 Å². The van der Waals surface area contributed by atoms with Crippen molar-refractivity contribution in [1.29, 1.82) is 0 Å². The van der Waals surface area contributed by atoms with Crippen molar-refractivity contribution < 1.29 is 18.8 Å². The van der Waals surface area contributed by atoms with E-state index in [4.69, 9.17) is 0 Å². The zero-order chi connectivity index (χ0) is 19.0. The molecule has 0 heterocycles. The highest BCUT2D eigenvalue weighted by atomic mass is 32.2. The number of hydrogen-bond donors (Lipinski definition) is 3. The molecule has 25 heavy (non-hydrogen) atoms. The van der Waals surface area contributed by atoms with Crippen molar-refractivity contribution in [3.05, 3.63) is 30.1 Å². The predicted molar refractivity (Wildman–Crippen MR) is 97.9 cm³/mol. The lowest BCUT2D eigenvalue weighted by Gasteiger charge is -2.23. The lowest BCUT2D eigenvalue weighted by Crippen LogP contribution is -2.51. The molecule has 1 aromatic carbocycles. The molecule has 0 fully saturated rings. The lowest BCUT2D eigenvalue weighted by molar-refractivity contribution is -0.128. The zero-order valence-corrected chi connectivity index (χ0v) is 15.6. The highest BCUT2D eigenvalue weighted by Crippen LogP contribution is 2.09. The second kappa shape index (κ2) is 9.41. The Bertz CT molecular complexity index is 615. The Morgan fingerprint density at radius 1 is 1.08 bits per heavy atom. The van der Waals surface area contributed by atoms with Crippen LogP contribution in [0.1, 0.15) is 27.7 Å². The van der Waals surface area contributed by atoms with Crippen molar-refractivity contribution in [3.8, 4) is 0 Å². The normalized spacial score (nSPS) is 12.2. The van der Waals surface area contributed by atoms with Crippen LogP contribution in [0.2, 0.25) is 0 Å². The average molecular weight is 369 g/mol. The first kappa shape index (κ1) is 21.0. The average Bonchev–Trinajstić information content (AvgIpc) is 2.47. The van der Waals surface area contributed by atoms with E-state index in [-0.39, 0.29) is 40.6 Å². The highest BCUT2D eigenvalue weighted by Gasteiger charge is 2.20. The number of hydrogen-bond acceptors (Lipinski definition) is 4. The van der Waals surface area contributed by atoms with E-state index < -0.39 is 6.04 Å². The van der Waals surface area contributed by atoms with Crippen LogP contribution in [0.15, 0.2) is 24.3 Å². The fourth-order valence-corrected chi connectivity index (χ4v) is 2.42. The van der Waals surface area contributed by atoms with Gasteiger partial charge in [-0.25, -0.2) is 4.39 Å². The van der Waals surface area contributed by atoms with E-state index in [0.717, 1.165) is 11.8 Å². The topological polar surface area (TPSA) is 87.3 Å². The third-order valence-corrected chi connectivity index (χ3v) is 3.80. The molecular weight excluding hydrogens is 345 g/mol. The molecule has 1 aromatic rings. The molecule has 0 aliphatic carbocycles. The van der Waals surface area contributed by atoms with E-state index in [1.165, 1.54) is 24.3 Å². The van der Waals surface area contributed by atoms with E-state index in [1.54, 1.807) is 6.92 Å². The molecular formula is C17H24FN3O3S. The fourth-order valence-electron chi connectivity index (χ4n) is 1.79. The van der Waals surface area contributed by atoms with E-state index in [0.29, 0.717) is 5.69 Å². The molecule has 0 aromatic heterocycles. The van der Waals surface area contributed by atoms with Crippen molar-refractivity contribution in [2.24, 2.45) is 0 Å². The minimum absolute atomic E-state index is 0.0595. The van der Waals surface area contributed by atoms with E-state index in [1.807, 2.05) is 20.8 Å². The Morgan fingerprint density at radius 3 is 2.20 bits per heavy atom. The van der Waals surface area contributed by atoms with Crippen molar-refractivity contribution in [1.82, 2.24) is 10.6 Å². The molecule has 138 valence electrons. The van der Waals surface area contributed by atoms with Crippen molar-refractivity contribution >= 4 is 35.2 Å². The van der Waals surface area contributed by atoms with E-state index in [2.05, 4.69) is 16.0 Å². The van der Waals surface area contributed by atoms with Gasteiger partial charge in [0.15, 0.2) is 0 Å². The van der Waals surface area contributed by atoms with Gasteiger partial charge in [-0.1, -0.05) is 0 Å². The summed E-state index contributed by atoms with van der Waals surface area (Å²) in [5, 5.41) is 7.97. The quantitative estimate of drug-likeness (QED) is 0.685. The number of rotatable bonds is 7. The number of anilines is 1. The summed E-state index contributed by atoms with van der Waals surface area (Å²) in [5.74, 6) is -1.12. The number of benzene rings is 1. The molecule has 1 atom stereocenters. The Kier molecular flexibility index (Phi) is 7.89. The number of thioether (sulfide) groups is 1. The van der Waals surface area contributed by atoms with Crippen LogP contribution in [0.3, 0.4) is 0 Å². The molecule has 0 aliphatic rings. The number of nitrogens with one attached hydrogen (secondary N) is 3. The smallest absolute Gasteiger partial charge is 0.242 e. The van der Waals surface area contributed by atoms with Crippen LogP contribution in [0.25, 0.3) is 0 Å². The van der Waals surface area contributed by atoms with Gasteiger partial charge in [-0.2, -0.15) is 0 Å². The number of amides is 3. The predicted octanol–water partition coefficient (Wildman–Crippen LogP) is 1.92. The minimum atomic E-state index is -0.652. The van der Waals surface area contributed by atoms with Crippen LogP contribution in [0.4, 0.5) is 10.1 Å². The van der Waals surface area contributed by atoms with Crippen LogP contribution in [0, 0.1) is 5.82 Å². The molecule has 0 radical (unpaired) electrons. The Hall–Kier alpha value is -2.09. The molecule has 3 amide bonds. The van der Waals surface area contributed by atoms with Gasteiger partial charge in [-0.15, -0.1) is 11.8 Å². The maximum absolute atomic E-state index is 12.8. The third kappa shape index (κ3) is 9.09. The summed E-state index contributed by atoms with van der Waals surface area (Å²) < 4.78 is 12.8. The summed E-state index contributed by atoms with van der Waals surface area (Å²) in [4.78, 5) is 35.4. The SMILES string of the molecule is CC(NC(=O)CSCC(=O)Nc1ccc(F)cc1)C(=O)NC(C)(C)C. The van der Waals surface area contributed by atoms with Gasteiger partial charge in [0.25, 0.3) is 0 Å². The zero-order valence-electron chi connectivity index (χ0n) is 14.8. The van der Waals surface area contributed by atoms with Crippen LogP contribution in [0.5, 0.6) is 0 Å². The van der Waals surface area contributed by atoms with E-state index in [9.17, 15) is 18.8 Å². The molecule has 0 bridgehead atoms. The molecule has 8 heteroatoms. The first-order valence-electron chi connectivity index (χ1n) is 7.81. The van der Waals surface area contributed by atoms with Gasteiger partial charge in [0.2, 0.25) is 17.7 Å². The Labute approximate surface area is 151 Å². The second-order valence-corrected chi connectivity index (χ2v) is 7.56. The maximum atomic E-state index is 12.8. The van der Waals surface area contributed by atoms with E-state index >= 15 is 0 Å². The standard InChI is InChI=1S/C17H24FN3O3S/c1-11(16(24)21-17(2,3)4)19-14(22)9-25-10-15(23)20-13-7-5-12(18)6-8-13/h5-8,11H,9-10H2,1-4H3,(H,19,22)(H,20,23)(H,21,24). The van der Waals surface area contributed by atoms with Crippen molar-refractivity contribution in [2.75, 3.05) is 16.8 Å². The van der Waals surface area contributed by atoms with Gasteiger partial charge < -0.3 is 16.0 Å². The first-order chi connectivity index (χ1) is 11.6. The maximum Gasteiger partial charge on any atom is 0.242 e. The summed E-state index contributed by atoms with van der Waals surface area (Å²) in [6.07, 6.45) is 0. The molecule has 1 rings (SSSR count). The molecule has 6 nitrogen and oxygen atoms in total. The van der Waals surface area contributed by atoms with Crippen LogP contribution in [-0.2, 0) is 14.4 Å².